The fraction of sp³-hybridized carbons (Fsp3) is 0.294. The third-order valence-electron chi connectivity index (χ3n) is 6.75. The van der Waals surface area contributed by atoms with Crippen LogP contribution in [0.4, 0.5) is 13.2 Å². The fourth-order valence-electron chi connectivity index (χ4n) is 4.68. The van der Waals surface area contributed by atoms with Gasteiger partial charge in [0.05, 0.1) is 29.9 Å². The zero-order valence-corrected chi connectivity index (χ0v) is 26.2. The van der Waals surface area contributed by atoms with Crippen molar-refractivity contribution in [2.45, 2.75) is 58.7 Å². The molecule has 0 saturated carbocycles. The van der Waals surface area contributed by atoms with Crippen LogP contribution in [0.25, 0.3) is 11.3 Å². The summed E-state index contributed by atoms with van der Waals surface area (Å²) in [4.78, 5) is 12.3. The molecule has 0 amide bonds. The van der Waals surface area contributed by atoms with Gasteiger partial charge < -0.3 is 19.5 Å². The van der Waals surface area contributed by atoms with Crippen LogP contribution in [-0.2, 0) is 22.5 Å². The Labute approximate surface area is 265 Å². The van der Waals surface area contributed by atoms with Gasteiger partial charge in [-0.2, -0.15) is 5.10 Å². The van der Waals surface area contributed by atoms with Crippen LogP contribution in [0.5, 0.6) is 11.5 Å². The van der Waals surface area contributed by atoms with Crippen LogP contribution in [0.15, 0.2) is 91.1 Å². The number of rotatable bonds is 13. The summed E-state index contributed by atoms with van der Waals surface area (Å²) in [5.74, 6) is -0.477. The fourth-order valence-corrected chi connectivity index (χ4v) is 4.91. The molecule has 0 fully saturated rings. The van der Waals surface area contributed by atoms with Crippen molar-refractivity contribution in [3.05, 3.63) is 113 Å². The van der Waals surface area contributed by atoms with Crippen LogP contribution in [0, 0.1) is 0 Å². The second-order valence-electron chi connectivity index (χ2n) is 10.9. The Morgan fingerprint density at radius 1 is 1.02 bits per heavy atom. The van der Waals surface area contributed by atoms with Crippen molar-refractivity contribution < 1.29 is 32.2 Å². The molecule has 0 aliphatic carbocycles. The first kappa shape index (κ1) is 33.5. The van der Waals surface area contributed by atoms with Gasteiger partial charge in [0.15, 0.2) is 5.60 Å². The number of ether oxygens (including phenoxy) is 3. The average molecular weight is 642 g/mol. The summed E-state index contributed by atoms with van der Waals surface area (Å²) in [5.41, 5.74) is 3.45. The molecular weight excluding hydrogens is 607 g/mol. The molecule has 0 aliphatic rings. The van der Waals surface area contributed by atoms with Gasteiger partial charge in [-0.15, -0.1) is 13.2 Å². The SMILES string of the molecule is C=C(C)NC(Cc1cc(-c2ccc(OC(F)(F)F)cc2)nn1Cc1ccccc1)c1ccc(OC(C)(C)C(=O)OCC)c(Cl)c1. The van der Waals surface area contributed by atoms with E-state index in [9.17, 15) is 18.0 Å². The van der Waals surface area contributed by atoms with Crippen LogP contribution in [-0.4, -0.2) is 34.3 Å². The Hall–Kier alpha value is -4.44. The molecule has 0 spiro atoms. The van der Waals surface area contributed by atoms with Crippen LogP contribution in [0.1, 0.15) is 50.6 Å². The van der Waals surface area contributed by atoms with Gasteiger partial charge in [0.2, 0.25) is 0 Å². The summed E-state index contributed by atoms with van der Waals surface area (Å²) in [7, 11) is 0. The number of hydrogen-bond acceptors (Lipinski definition) is 6. The highest BCUT2D eigenvalue weighted by atomic mass is 35.5. The first-order chi connectivity index (χ1) is 21.2. The maximum absolute atomic E-state index is 12.7. The minimum atomic E-state index is -4.78. The maximum atomic E-state index is 12.7. The van der Waals surface area contributed by atoms with Gasteiger partial charge in [-0.25, -0.2) is 4.79 Å². The van der Waals surface area contributed by atoms with Gasteiger partial charge in [0.1, 0.15) is 11.5 Å². The minimum absolute atomic E-state index is 0.229. The minimum Gasteiger partial charge on any atom is -0.475 e. The molecule has 0 aliphatic heterocycles. The Bertz CT molecular complexity index is 1620. The van der Waals surface area contributed by atoms with E-state index in [1.54, 1.807) is 45.0 Å². The summed E-state index contributed by atoms with van der Waals surface area (Å²) in [5, 5.41) is 8.55. The smallest absolute Gasteiger partial charge is 0.475 e. The average Bonchev–Trinajstić information content (AvgIpc) is 3.35. The highest BCUT2D eigenvalue weighted by Gasteiger charge is 2.33. The standard InChI is InChI=1S/C34H35ClF3N3O4/c1-6-43-32(42)33(4,5)45-31-17-14-25(18-28(31)35)29(39-22(2)3)19-26-20-30(40-41(26)21-23-10-8-7-9-11-23)24-12-15-27(16-13-24)44-34(36,37)38/h7-18,20,29,39H,2,6,19,21H2,1,3-5H3. The van der Waals surface area contributed by atoms with Crippen molar-refractivity contribution in [3.63, 3.8) is 0 Å². The van der Waals surface area contributed by atoms with Crippen molar-refractivity contribution in [3.8, 4) is 22.8 Å². The summed E-state index contributed by atoms with van der Waals surface area (Å²) in [6.07, 6.45) is -4.31. The van der Waals surface area contributed by atoms with E-state index in [4.69, 9.17) is 26.2 Å². The number of carbonyl (C=O) groups is 1. The van der Waals surface area contributed by atoms with E-state index in [1.165, 1.54) is 12.1 Å². The molecule has 11 heteroatoms. The third-order valence-corrected chi connectivity index (χ3v) is 7.04. The lowest BCUT2D eigenvalue weighted by Crippen LogP contribution is -2.39. The lowest BCUT2D eigenvalue weighted by Gasteiger charge is -2.26. The largest absolute Gasteiger partial charge is 0.573 e. The van der Waals surface area contributed by atoms with Gasteiger partial charge in [0.25, 0.3) is 0 Å². The quantitative estimate of drug-likeness (QED) is 0.148. The third kappa shape index (κ3) is 9.28. The van der Waals surface area contributed by atoms with Gasteiger partial charge >= 0.3 is 12.3 Å². The molecule has 1 N–H and O–H groups in total. The second kappa shape index (κ2) is 14.1. The molecule has 45 heavy (non-hydrogen) atoms. The highest BCUT2D eigenvalue weighted by molar-refractivity contribution is 6.32. The number of carbonyl (C=O) groups excluding carboxylic acids is 1. The van der Waals surface area contributed by atoms with E-state index >= 15 is 0 Å². The van der Waals surface area contributed by atoms with Gasteiger partial charge in [-0.05, 0) is 81.3 Å². The first-order valence-corrected chi connectivity index (χ1v) is 14.7. The molecule has 4 aromatic rings. The molecule has 0 saturated heterocycles. The molecule has 7 nitrogen and oxygen atoms in total. The molecule has 0 radical (unpaired) electrons. The Kier molecular flexibility index (Phi) is 10.5. The number of alkyl halides is 3. The molecule has 1 aromatic heterocycles. The van der Waals surface area contributed by atoms with Gasteiger partial charge in [0, 0.05) is 23.4 Å². The lowest BCUT2D eigenvalue weighted by atomic mass is 10.0. The molecule has 238 valence electrons. The van der Waals surface area contributed by atoms with E-state index in [1.807, 2.05) is 54.1 Å². The van der Waals surface area contributed by atoms with Crippen molar-refractivity contribution in [1.82, 2.24) is 15.1 Å². The number of esters is 1. The monoisotopic (exact) mass is 641 g/mol. The van der Waals surface area contributed by atoms with Crippen LogP contribution in [0.2, 0.25) is 5.02 Å². The number of nitrogens with one attached hydrogen (secondary N) is 1. The number of hydrogen-bond donors (Lipinski definition) is 1. The number of halogens is 4. The zero-order valence-electron chi connectivity index (χ0n) is 25.5. The van der Waals surface area contributed by atoms with E-state index in [-0.39, 0.29) is 18.4 Å². The summed E-state index contributed by atoms with van der Waals surface area (Å²) >= 11 is 6.65. The molecular formula is C34H35ClF3N3O4. The zero-order chi connectivity index (χ0) is 32.8. The number of allylic oxidation sites excluding steroid dienone is 1. The predicted octanol–water partition coefficient (Wildman–Crippen LogP) is 8.28. The van der Waals surface area contributed by atoms with Gasteiger partial charge in [-0.3, -0.25) is 4.68 Å². The van der Waals surface area contributed by atoms with Gasteiger partial charge in [-0.1, -0.05) is 54.6 Å². The van der Waals surface area contributed by atoms with E-state index < -0.39 is 17.9 Å². The van der Waals surface area contributed by atoms with E-state index in [2.05, 4.69) is 16.6 Å². The Balaban J connectivity index is 1.66. The summed E-state index contributed by atoms with van der Waals surface area (Å²) in [6.45, 7) is 11.5. The Morgan fingerprint density at radius 3 is 2.31 bits per heavy atom. The molecule has 0 bridgehead atoms. The van der Waals surface area contributed by atoms with Crippen LogP contribution >= 0.6 is 11.6 Å². The van der Waals surface area contributed by atoms with Crippen molar-refractivity contribution in [1.29, 1.82) is 0 Å². The molecule has 3 aromatic carbocycles. The Morgan fingerprint density at radius 2 is 1.71 bits per heavy atom. The topological polar surface area (TPSA) is 74.6 Å². The number of aromatic nitrogens is 2. The van der Waals surface area contributed by atoms with Crippen molar-refractivity contribution >= 4 is 17.6 Å². The van der Waals surface area contributed by atoms with Crippen molar-refractivity contribution in [2.75, 3.05) is 6.61 Å². The lowest BCUT2D eigenvalue weighted by molar-refractivity contribution is -0.274. The number of nitrogens with zero attached hydrogens (tertiary/aromatic N) is 2. The van der Waals surface area contributed by atoms with E-state index in [0.717, 1.165) is 22.5 Å². The molecule has 1 heterocycles. The highest BCUT2D eigenvalue weighted by Crippen LogP contribution is 2.33. The molecule has 1 atom stereocenters. The second-order valence-corrected chi connectivity index (χ2v) is 11.3. The van der Waals surface area contributed by atoms with Crippen LogP contribution in [0.3, 0.4) is 0 Å². The molecule has 4 rings (SSSR count). The normalized spacial score (nSPS) is 12.4. The first-order valence-electron chi connectivity index (χ1n) is 14.3. The summed E-state index contributed by atoms with van der Waals surface area (Å²) in [6, 6.07) is 22.4. The maximum Gasteiger partial charge on any atom is 0.573 e. The van der Waals surface area contributed by atoms with Crippen LogP contribution < -0.4 is 14.8 Å². The van der Waals surface area contributed by atoms with E-state index in [0.29, 0.717) is 35.0 Å². The molecule has 1 unspecified atom stereocenters. The number of benzene rings is 3. The van der Waals surface area contributed by atoms with Crippen molar-refractivity contribution in [2.24, 2.45) is 0 Å². The summed E-state index contributed by atoms with van der Waals surface area (Å²) < 4.78 is 55.0. The predicted molar refractivity (Wildman–Crippen MR) is 167 cm³/mol.